The Morgan fingerprint density at radius 2 is 1.80 bits per heavy atom. The number of nitrogens with one attached hydrogen (secondary N) is 2. The second kappa shape index (κ2) is 17.1. The van der Waals surface area contributed by atoms with E-state index in [0.29, 0.717) is 56.4 Å². The smallest absolute Gasteiger partial charge is 0.254 e. The van der Waals surface area contributed by atoms with Crippen LogP contribution < -0.4 is 16.4 Å². The van der Waals surface area contributed by atoms with Crippen molar-refractivity contribution in [1.82, 2.24) is 29.9 Å². The van der Waals surface area contributed by atoms with Crippen molar-refractivity contribution in [3.05, 3.63) is 112 Å². The zero-order valence-electron chi connectivity index (χ0n) is 32.6. The fourth-order valence-electron chi connectivity index (χ4n) is 8.01. The van der Waals surface area contributed by atoms with Crippen molar-refractivity contribution in [3.63, 3.8) is 0 Å². The van der Waals surface area contributed by atoms with Gasteiger partial charge in [-0.25, -0.2) is 9.67 Å². The highest BCUT2D eigenvalue weighted by atomic mass is 16.5. The Bertz CT molecular complexity index is 2160. The third-order valence-corrected chi connectivity index (χ3v) is 11.0. The van der Waals surface area contributed by atoms with E-state index in [4.69, 9.17) is 15.5 Å². The minimum absolute atomic E-state index is 0.194. The zero-order chi connectivity index (χ0) is 38.5. The van der Waals surface area contributed by atoms with Crippen LogP contribution in [0.4, 0.5) is 5.69 Å². The van der Waals surface area contributed by atoms with Gasteiger partial charge in [-0.1, -0.05) is 43.3 Å². The maximum atomic E-state index is 14.7. The number of anilines is 1. The molecule has 0 saturated carbocycles. The fraction of sp³-hybridized carbons (Fsp3) is 0.409. The third kappa shape index (κ3) is 8.75. The molecule has 2 saturated heterocycles. The van der Waals surface area contributed by atoms with Crippen LogP contribution in [0.5, 0.6) is 0 Å². The van der Waals surface area contributed by atoms with Crippen LogP contribution in [0.1, 0.15) is 82.3 Å². The van der Waals surface area contributed by atoms with Gasteiger partial charge in [-0.2, -0.15) is 5.10 Å². The minimum atomic E-state index is -0.572. The number of aromatic nitrogens is 3. The molecule has 0 radical (unpaired) electrons. The largest absolute Gasteiger partial charge is 0.381 e. The van der Waals surface area contributed by atoms with Crippen LogP contribution in [0, 0.1) is 6.92 Å². The normalized spacial score (nSPS) is 16.7. The molecule has 2 aliphatic rings. The Morgan fingerprint density at radius 3 is 2.56 bits per heavy atom. The molecule has 288 valence electrons. The number of hydrogen-bond acceptors (Lipinski definition) is 8. The average molecular weight is 743 g/mol. The molecule has 4 N–H and O–H groups in total. The molecule has 0 bridgehead atoms. The van der Waals surface area contributed by atoms with Gasteiger partial charge >= 0.3 is 0 Å². The van der Waals surface area contributed by atoms with Crippen molar-refractivity contribution in [2.45, 2.75) is 85.2 Å². The van der Waals surface area contributed by atoms with E-state index in [0.717, 1.165) is 83.7 Å². The highest BCUT2D eigenvalue weighted by Crippen LogP contribution is 2.34. The Balaban J connectivity index is 1.27. The van der Waals surface area contributed by atoms with Crippen LogP contribution >= 0.6 is 0 Å². The summed E-state index contributed by atoms with van der Waals surface area (Å²) in [6.07, 6.45) is 4.34. The van der Waals surface area contributed by atoms with Gasteiger partial charge in [0.15, 0.2) is 5.65 Å². The van der Waals surface area contributed by atoms with E-state index in [9.17, 15) is 9.59 Å². The van der Waals surface area contributed by atoms with Crippen molar-refractivity contribution in [1.29, 1.82) is 0 Å². The molecule has 2 aliphatic heterocycles. The number of nitrogens with two attached hydrogens (primary N) is 1. The molecular formula is C44H54N8O3. The number of ether oxygens (including phenoxy) is 1. The Morgan fingerprint density at radius 1 is 1.00 bits per heavy atom. The number of rotatable bonds is 13. The highest BCUT2D eigenvalue weighted by Gasteiger charge is 2.26. The van der Waals surface area contributed by atoms with E-state index in [2.05, 4.69) is 90.8 Å². The van der Waals surface area contributed by atoms with Gasteiger partial charge in [0.2, 0.25) is 5.91 Å². The summed E-state index contributed by atoms with van der Waals surface area (Å²) in [5, 5.41) is 13.0. The van der Waals surface area contributed by atoms with Crippen molar-refractivity contribution < 1.29 is 14.3 Å². The van der Waals surface area contributed by atoms with Gasteiger partial charge in [0.1, 0.15) is 0 Å². The molecule has 5 aromatic rings. The molecule has 4 heterocycles. The summed E-state index contributed by atoms with van der Waals surface area (Å²) in [5.74, 6) is -0.766. The average Bonchev–Trinajstić information content (AvgIpc) is 3.62. The van der Waals surface area contributed by atoms with Crippen LogP contribution in [0.3, 0.4) is 0 Å². The number of nitrogens with zero attached hydrogens (tertiary/aromatic N) is 5. The molecule has 2 amide bonds. The van der Waals surface area contributed by atoms with Crippen LogP contribution in [0.25, 0.3) is 22.2 Å². The molecule has 55 heavy (non-hydrogen) atoms. The molecule has 1 atom stereocenters. The van der Waals surface area contributed by atoms with Crippen LogP contribution in [0.2, 0.25) is 0 Å². The number of aryl methyl sites for hydroxylation is 3. The van der Waals surface area contributed by atoms with Crippen molar-refractivity contribution in [2.75, 3.05) is 38.2 Å². The standard InChI is InChI=1S/C44H54N8O3/c1-5-40-39(41(48-36-15-19-55-20-16-36)38-24-47-52(6-2)43(38)49-40)28-51(44(54)35-12-8-11-34(23-35)42(45)53)27-32-14-13-29(3)37(22-32)33-10-7-9-31(21-33)26-50-18-17-46-30(4)25-50/h7-14,21-24,30,36,46H,5-6,15-20,25-28H2,1-4H3,(H2,45,53)(H,48,49)/t30-/m0/s1. The first-order chi connectivity index (χ1) is 26.7. The van der Waals surface area contributed by atoms with Gasteiger partial charge in [-0.05, 0) is 98.2 Å². The molecule has 2 fully saturated rings. The van der Waals surface area contributed by atoms with E-state index >= 15 is 0 Å². The van der Waals surface area contributed by atoms with Gasteiger partial charge in [0, 0.05) is 87.0 Å². The number of hydrogen-bond donors (Lipinski definition) is 3. The van der Waals surface area contributed by atoms with Crippen LogP contribution in [-0.4, -0.2) is 81.3 Å². The zero-order valence-corrected chi connectivity index (χ0v) is 32.6. The van der Waals surface area contributed by atoms with Gasteiger partial charge in [-0.3, -0.25) is 14.5 Å². The molecule has 7 rings (SSSR count). The summed E-state index contributed by atoms with van der Waals surface area (Å²) >= 11 is 0. The number of carbonyl (C=O) groups excluding carboxylic acids is 2. The van der Waals surface area contributed by atoms with E-state index in [-0.39, 0.29) is 11.9 Å². The predicted octanol–water partition coefficient (Wildman–Crippen LogP) is 6.32. The predicted molar refractivity (Wildman–Crippen MR) is 218 cm³/mol. The van der Waals surface area contributed by atoms with Crippen LogP contribution in [-0.2, 0) is 37.3 Å². The number of piperazine rings is 1. The number of benzene rings is 3. The van der Waals surface area contributed by atoms with E-state index in [1.165, 1.54) is 11.1 Å². The number of pyridine rings is 1. The van der Waals surface area contributed by atoms with Crippen molar-refractivity contribution in [2.24, 2.45) is 5.73 Å². The summed E-state index contributed by atoms with van der Waals surface area (Å²) in [4.78, 5) is 36.5. The third-order valence-electron chi connectivity index (χ3n) is 11.0. The summed E-state index contributed by atoms with van der Waals surface area (Å²) in [7, 11) is 0. The fourth-order valence-corrected chi connectivity index (χ4v) is 8.01. The maximum Gasteiger partial charge on any atom is 0.254 e. The first-order valence-corrected chi connectivity index (χ1v) is 19.8. The van der Waals surface area contributed by atoms with Gasteiger partial charge in [0.05, 0.1) is 23.8 Å². The first-order valence-electron chi connectivity index (χ1n) is 19.8. The second-order valence-electron chi connectivity index (χ2n) is 15.0. The van der Waals surface area contributed by atoms with Gasteiger partial charge in [0.25, 0.3) is 5.91 Å². The Labute approximate surface area is 324 Å². The van der Waals surface area contributed by atoms with Gasteiger partial charge < -0.3 is 26.0 Å². The first kappa shape index (κ1) is 38.2. The monoisotopic (exact) mass is 742 g/mol. The van der Waals surface area contributed by atoms with Crippen LogP contribution in [0.15, 0.2) is 72.9 Å². The molecule has 0 aliphatic carbocycles. The molecule has 11 nitrogen and oxygen atoms in total. The molecule has 0 unspecified atom stereocenters. The number of fused-ring (bicyclic) bond motifs is 1. The van der Waals surface area contributed by atoms with Crippen molar-refractivity contribution in [3.8, 4) is 11.1 Å². The van der Waals surface area contributed by atoms with E-state index in [1.54, 1.807) is 24.3 Å². The second-order valence-corrected chi connectivity index (χ2v) is 15.0. The molecular weight excluding hydrogens is 689 g/mol. The topological polar surface area (TPSA) is 131 Å². The SMILES string of the molecule is CCc1nc2c(cnn2CC)c(NC2CCOCC2)c1CN(Cc1ccc(C)c(-c2cccc(CN3CCN[C@@H](C)C3)c2)c1)C(=O)c1cccc(C(N)=O)c1. The van der Waals surface area contributed by atoms with Crippen molar-refractivity contribution >= 4 is 28.5 Å². The minimum Gasteiger partial charge on any atom is -0.381 e. The molecule has 2 aromatic heterocycles. The molecule has 3 aromatic carbocycles. The lowest BCUT2D eigenvalue weighted by Crippen LogP contribution is -2.48. The Kier molecular flexibility index (Phi) is 11.9. The van der Waals surface area contributed by atoms with E-state index < -0.39 is 5.91 Å². The summed E-state index contributed by atoms with van der Waals surface area (Å²) in [6.45, 7) is 15.3. The lowest BCUT2D eigenvalue weighted by atomic mass is 9.96. The number of carbonyl (C=O) groups is 2. The molecule has 11 heteroatoms. The highest BCUT2D eigenvalue weighted by molar-refractivity contribution is 5.99. The maximum absolute atomic E-state index is 14.7. The quantitative estimate of drug-likeness (QED) is 0.128. The summed E-state index contributed by atoms with van der Waals surface area (Å²) in [6, 6.07) is 22.7. The lowest BCUT2D eigenvalue weighted by molar-refractivity contribution is 0.0730. The number of amides is 2. The van der Waals surface area contributed by atoms with Gasteiger partial charge in [-0.15, -0.1) is 0 Å². The number of primary amides is 1. The van der Waals surface area contributed by atoms with E-state index in [1.807, 2.05) is 15.8 Å². The summed E-state index contributed by atoms with van der Waals surface area (Å²) in [5.41, 5.74) is 15.8. The lowest BCUT2D eigenvalue weighted by Gasteiger charge is -2.31. The molecule has 0 spiro atoms. The Hall–Kier alpha value is -5.10. The summed E-state index contributed by atoms with van der Waals surface area (Å²) < 4.78 is 7.62.